The Labute approximate surface area is 156 Å². The number of benzene rings is 2. The summed E-state index contributed by atoms with van der Waals surface area (Å²) in [6.45, 7) is 3.79. The zero-order valence-corrected chi connectivity index (χ0v) is 14.4. The van der Waals surface area contributed by atoms with Crippen molar-refractivity contribution < 1.29 is 14.4 Å². The average Bonchev–Trinajstić information content (AvgIpc) is 2.71. The molecule has 0 aromatic heterocycles. The van der Waals surface area contributed by atoms with Gasteiger partial charge in [0.2, 0.25) is 0 Å². The third-order valence-corrected chi connectivity index (χ3v) is 3.69. The zero-order valence-electron chi connectivity index (χ0n) is 14.4. The predicted molar refractivity (Wildman–Crippen MR) is 105 cm³/mol. The van der Waals surface area contributed by atoms with E-state index in [0.717, 1.165) is 5.56 Å². The summed E-state index contributed by atoms with van der Waals surface area (Å²) < 4.78 is 0. The second-order valence-electron chi connectivity index (χ2n) is 5.58. The van der Waals surface area contributed by atoms with E-state index in [9.17, 15) is 14.4 Å². The molecule has 2 aromatic carbocycles. The highest BCUT2D eigenvalue weighted by molar-refractivity contribution is 5.91. The lowest BCUT2D eigenvalue weighted by Gasteiger charge is -2.11. The molecule has 0 heterocycles. The van der Waals surface area contributed by atoms with Crippen LogP contribution in [0.15, 0.2) is 49.0 Å². The summed E-state index contributed by atoms with van der Waals surface area (Å²) in [4.78, 5) is 33.7. The van der Waals surface area contributed by atoms with Gasteiger partial charge in [0, 0.05) is 23.4 Å². The molecule has 2 rings (SSSR count). The number of carbonyl (C=O) groups excluding carboxylic acids is 3. The summed E-state index contributed by atoms with van der Waals surface area (Å²) in [7, 11) is 0. The molecule has 0 bridgehead atoms. The Morgan fingerprint density at radius 2 is 1.56 bits per heavy atom. The summed E-state index contributed by atoms with van der Waals surface area (Å²) >= 11 is 0. The van der Waals surface area contributed by atoms with Crippen molar-refractivity contribution in [2.75, 3.05) is 5.32 Å². The van der Waals surface area contributed by atoms with Crippen LogP contribution in [0.1, 0.15) is 22.3 Å². The molecule has 0 aliphatic heterocycles. The fraction of sp³-hybridized carbons (Fsp3) is 0.0500. The lowest BCUT2D eigenvalue weighted by Crippen LogP contribution is -2.28. The van der Waals surface area contributed by atoms with Crippen molar-refractivity contribution in [3.05, 3.63) is 71.3 Å². The molecule has 0 aliphatic carbocycles. The maximum absolute atomic E-state index is 12.1. The van der Waals surface area contributed by atoms with E-state index in [1.54, 1.807) is 42.2 Å². The van der Waals surface area contributed by atoms with Crippen molar-refractivity contribution in [2.45, 2.75) is 6.54 Å². The Bertz CT molecular complexity index is 925. The SMILES string of the molecule is C=Cc1ccc(NC(=O)NCc2cc(C(N)=C=O)cc(C(N)=C=O)c2)cc1. The number of nitrogens with one attached hydrogen (secondary N) is 2. The first-order chi connectivity index (χ1) is 13.0. The van der Waals surface area contributed by atoms with Gasteiger partial charge < -0.3 is 22.1 Å². The van der Waals surface area contributed by atoms with Crippen LogP contribution in [0.3, 0.4) is 0 Å². The Morgan fingerprint density at radius 1 is 1.00 bits per heavy atom. The van der Waals surface area contributed by atoms with E-state index in [0.29, 0.717) is 22.4 Å². The molecule has 6 N–H and O–H groups in total. The van der Waals surface area contributed by atoms with E-state index >= 15 is 0 Å². The van der Waals surface area contributed by atoms with Crippen LogP contribution in [-0.4, -0.2) is 17.9 Å². The molecule has 0 saturated heterocycles. The standard InChI is InChI=1S/C20H18N4O3/c1-2-13-3-5-17(6-4-13)24-20(27)23-10-14-7-15(18(21)11-25)9-16(8-14)19(22)12-26/h2-9H,1,10,21-22H2,(H2,23,24,27). The number of amides is 2. The van der Waals surface area contributed by atoms with Crippen molar-refractivity contribution in [1.82, 2.24) is 5.32 Å². The van der Waals surface area contributed by atoms with Crippen molar-refractivity contribution in [3.8, 4) is 0 Å². The molecule has 0 atom stereocenters. The van der Waals surface area contributed by atoms with Crippen molar-refractivity contribution in [3.63, 3.8) is 0 Å². The molecule has 0 unspecified atom stereocenters. The Morgan fingerprint density at radius 3 is 2.04 bits per heavy atom. The quantitative estimate of drug-likeness (QED) is 0.584. The smallest absolute Gasteiger partial charge is 0.319 e. The maximum Gasteiger partial charge on any atom is 0.319 e. The molecule has 2 aromatic rings. The average molecular weight is 362 g/mol. The van der Waals surface area contributed by atoms with Crippen LogP contribution in [0, 0.1) is 0 Å². The van der Waals surface area contributed by atoms with Crippen LogP contribution in [0.4, 0.5) is 10.5 Å². The van der Waals surface area contributed by atoms with Crippen LogP contribution in [-0.2, 0) is 16.1 Å². The summed E-state index contributed by atoms with van der Waals surface area (Å²) in [5.41, 5.74) is 13.8. The number of carbonyl (C=O) groups is 1. The monoisotopic (exact) mass is 362 g/mol. The highest BCUT2D eigenvalue weighted by Crippen LogP contribution is 2.17. The molecule has 0 saturated carbocycles. The van der Waals surface area contributed by atoms with Gasteiger partial charge in [-0.2, -0.15) is 0 Å². The highest BCUT2D eigenvalue weighted by atomic mass is 16.2. The lowest BCUT2D eigenvalue weighted by molar-refractivity contribution is 0.251. The van der Waals surface area contributed by atoms with Crippen LogP contribution < -0.4 is 22.1 Å². The van der Waals surface area contributed by atoms with Gasteiger partial charge in [-0.3, -0.25) is 0 Å². The first kappa shape index (κ1) is 19.3. The largest absolute Gasteiger partial charge is 0.389 e. The Hall–Kier alpha value is -4.05. The minimum atomic E-state index is -0.425. The van der Waals surface area contributed by atoms with Gasteiger partial charge in [-0.25, -0.2) is 14.4 Å². The molecule has 7 heteroatoms. The van der Waals surface area contributed by atoms with Gasteiger partial charge in [-0.15, -0.1) is 0 Å². The van der Waals surface area contributed by atoms with E-state index in [4.69, 9.17) is 11.5 Å². The van der Waals surface area contributed by atoms with Gasteiger partial charge in [-0.1, -0.05) is 24.8 Å². The molecule has 0 radical (unpaired) electrons. The molecule has 7 nitrogen and oxygen atoms in total. The number of hydrogen-bond donors (Lipinski definition) is 4. The third-order valence-electron chi connectivity index (χ3n) is 3.69. The van der Waals surface area contributed by atoms with Crippen LogP contribution in [0.5, 0.6) is 0 Å². The number of urea groups is 1. The fourth-order valence-corrected chi connectivity index (χ4v) is 2.28. The van der Waals surface area contributed by atoms with Crippen LogP contribution in [0.2, 0.25) is 0 Å². The number of hydrogen-bond acceptors (Lipinski definition) is 5. The summed E-state index contributed by atoms with van der Waals surface area (Å²) in [5.74, 6) is 3.18. The van der Waals surface area contributed by atoms with Gasteiger partial charge in [0.15, 0.2) is 11.9 Å². The third kappa shape index (κ3) is 5.21. The summed E-state index contributed by atoms with van der Waals surface area (Å²) in [6, 6.07) is 11.4. The van der Waals surface area contributed by atoms with E-state index in [1.165, 1.54) is 6.07 Å². The zero-order chi connectivity index (χ0) is 19.8. The molecule has 0 fully saturated rings. The van der Waals surface area contributed by atoms with Gasteiger partial charge in [0.25, 0.3) is 0 Å². The lowest BCUT2D eigenvalue weighted by atomic mass is 10.0. The molecule has 2 amide bonds. The fourth-order valence-electron chi connectivity index (χ4n) is 2.28. The first-order valence-corrected chi connectivity index (χ1v) is 7.90. The summed E-state index contributed by atoms with van der Waals surface area (Å²) in [5, 5.41) is 5.37. The van der Waals surface area contributed by atoms with Crippen molar-refractivity contribution >= 4 is 41.1 Å². The van der Waals surface area contributed by atoms with E-state index in [1.807, 2.05) is 12.1 Å². The molecule has 136 valence electrons. The number of anilines is 1. The molecular weight excluding hydrogens is 344 g/mol. The van der Waals surface area contributed by atoms with Crippen molar-refractivity contribution in [1.29, 1.82) is 0 Å². The van der Waals surface area contributed by atoms with Gasteiger partial charge >= 0.3 is 6.03 Å². The van der Waals surface area contributed by atoms with Gasteiger partial charge in [0.1, 0.15) is 11.4 Å². The summed E-state index contributed by atoms with van der Waals surface area (Å²) in [6.07, 6.45) is 1.70. The number of rotatable bonds is 6. The normalized spacial score (nSPS) is 9.48. The second kappa shape index (κ2) is 8.87. The van der Waals surface area contributed by atoms with Gasteiger partial charge in [-0.05, 0) is 41.5 Å². The van der Waals surface area contributed by atoms with Crippen molar-refractivity contribution in [2.24, 2.45) is 11.5 Å². The topological polar surface area (TPSA) is 127 Å². The van der Waals surface area contributed by atoms with E-state index in [-0.39, 0.29) is 17.9 Å². The number of nitrogens with two attached hydrogens (primary N) is 2. The van der Waals surface area contributed by atoms with E-state index < -0.39 is 6.03 Å². The van der Waals surface area contributed by atoms with Crippen LogP contribution in [0.25, 0.3) is 17.5 Å². The molecule has 27 heavy (non-hydrogen) atoms. The molecule has 0 spiro atoms. The highest BCUT2D eigenvalue weighted by Gasteiger charge is 2.08. The Balaban J connectivity index is 2.13. The first-order valence-electron chi connectivity index (χ1n) is 7.90. The Kier molecular flexibility index (Phi) is 6.34. The van der Waals surface area contributed by atoms with E-state index in [2.05, 4.69) is 17.2 Å². The molecular formula is C20H18N4O3. The second-order valence-corrected chi connectivity index (χ2v) is 5.58. The maximum atomic E-state index is 12.1. The van der Waals surface area contributed by atoms with Gasteiger partial charge in [0.05, 0.1) is 0 Å². The molecule has 0 aliphatic rings. The van der Waals surface area contributed by atoms with Crippen LogP contribution >= 0.6 is 0 Å². The minimum absolute atomic E-state index is 0.121. The predicted octanol–water partition coefficient (Wildman–Crippen LogP) is 1.91. The minimum Gasteiger partial charge on any atom is -0.389 e.